The molecule has 152 valence electrons. The van der Waals surface area contributed by atoms with Gasteiger partial charge in [-0.3, -0.25) is 4.21 Å². The standard InChI is InChI=1S/C20H31FN2O3S/c1-20(2,3)26-19(24)23-12-9-15(10-13-23)6-5-11-22-16-7-8-18(27(4)25)17(21)14-16/h7-8,14-15,22H,5-6,9-13H2,1-4H3. The summed E-state index contributed by atoms with van der Waals surface area (Å²) in [6, 6.07) is 4.73. The molecule has 2 rings (SSSR count). The zero-order valence-electron chi connectivity index (χ0n) is 16.7. The van der Waals surface area contributed by atoms with Crippen molar-refractivity contribution in [2.75, 3.05) is 31.2 Å². The summed E-state index contributed by atoms with van der Waals surface area (Å²) >= 11 is 0. The minimum atomic E-state index is -1.31. The molecule has 27 heavy (non-hydrogen) atoms. The van der Waals surface area contributed by atoms with Crippen LogP contribution in [0.1, 0.15) is 46.5 Å². The molecule has 1 fully saturated rings. The first-order valence-electron chi connectivity index (χ1n) is 9.50. The van der Waals surface area contributed by atoms with Gasteiger partial charge in [0.1, 0.15) is 11.4 Å². The maximum atomic E-state index is 13.8. The predicted octanol–water partition coefficient (Wildman–Crippen LogP) is 4.40. The van der Waals surface area contributed by atoms with Crippen LogP contribution in [-0.4, -0.2) is 46.7 Å². The number of hydrogen-bond donors (Lipinski definition) is 1. The molecule has 0 aromatic heterocycles. The molecule has 1 aliphatic heterocycles. The highest BCUT2D eigenvalue weighted by atomic mass is 32.2. The highest BCUT2D eigenvalue weighted by Gasteiger charge is 2.26. The molecular weight excluding hydrogens is 367 g/mol. The molecule has 5 nitrogen and oxygen atoms in total. The Balaban J connectivity index is 1.67. The molecule has 7 heteroatoms. The second-order valence-corrected chi connectivity index (χ2v) is 9.43. The molecule has 0 radical (unpaired) electrons. The Bertz CT molecular complexity index is 668. The number of hydrogen-bond acceptors (Lipinski definition) is 4. The van der Waals surface area contributed by atoms with Gasteiger partial charge in [-0.2, -0.15) is 0 Å². The molecule has 1 aliphatic rings. The summed E-state index contributed by atoms with van der Waals surface area (Å²) in [7, 11) is -1.31. The van der Waals surface area contributed by atoms with Gasteiger partial charge >= 0.3 is 6.09 Å². The number of carbonyl (C=O) groups is 1. The fraction of sp³-hybridized carbons (Fsp3) is 0.650. The van der Waals surface area contributed by atoms with Crippen LogP contribution in [0.15, 0.2) is 23.1 Å². The number of benzene rings is 1. The summed E-state index contributed by atoms with van der Waals surface area (Å²) in [5, 5.41) is 3.22. The van der Waals surface area contributed by atoms with E-state index in [0.29, 0.717) is 11.6 Å². The van der Waals surface area contributed by atoms with E-state index in [1.54, 1.807) is 17.0 Å². The van der Waals surface area contributed by atoms with Crippen LogP contribution in [0.25, 0.3) is 0 Å². The fourth-order valence-electron chi connectivity index (χ4n) is 3.20. The fourth-order valence-corrected chi connectivity index (χ4v) is 3.79. The molecule has 1 heterocycles. The molecule has 0 bridgehead atoms. The first-order valence-corrected chi connectivity index (χ1v) is 11.1. The van der Waals surface area contributed by atoms with Crippen LogP contribution in [0.3, 0.4) is 0 Å². The van der Waals surface area contributed by atoms with E-state index in [4.69, 9.17) is 4.74 Å². The van der Waals surface area contributed by atoms with Gasteiger partial charge in [-0.25, -0.2) is 9.18 Å². The van der Waals surface area contributed by atoms with Crippen LogP contribution < -0.4 is 5.32 Å². The molecule has 1 amide bonds. The van der Waals surface area contributed by atoms with Crippen molar-refractivity contribution < 1.29 is 18.1 Å². The molecule has 0 saturated carbocycles. The van der Waals surface area contributed by atoms with E-state index in [9.17, 15) is 13.4 Å². The lowest BCUT2D eigenvalue weighted by Gasteiger charge is -2.33. The van der Waals surface area contributed by atoms with E-state index >= 15 is 0 Å². The van der Waals surface area contributed by atoms with Crippen LogP contribution >= 0.6 is 0 Å². The summed E-state index contributed by atoms with van der Waals surface area (Å²) in [5.41, 5.74) is 0.255. The topological polar surface area (TPSA) is 58.6 Å². The maximum absolute atomic E-state index is 13.8. The van der Waals surface area contributed by atoms with Gasteiger partial charge in [0, 0.05) is 31.6 Å². The summed E-state index contributed by atoms with van der Waals surface area (Å²) in [6.07, 6.45) is 5.30. The molecule has 1 aromatic rings. The van der Waals surface area contributed by atoms with E-state index in [0.717, 1.165) is 45.3 Å². The van der Waals surface area contributed by atoms with E-state index in [-0.39, 0.29) is 11.0 Å². The van der Waals surface area contributed by atoms with E-state index < -0.39 is 22.2 Å². The number of nitrogens with zero attached hydrogens (tertiary/aromatic N) is 1. The highest BCUT2D eigenvalue weighted by Crippen LogP contribution is 2.24. The van der Waals surface area contributed by atoms with Gasteiger partial charge in [-0.15, -0.1) is 0 Å². The first-order chi connectivity index (χ1) is 12.7. The number of ether oxygens (including phenoxy) is 1. The van der Waals surface area contributed by atoms with Gasteiger partial charge < -0.3 is 15.0 Å². The smallest absolute Gasteiger partial charge is 0.410 e. The van der Waals surface area contributed by atoms with Crippen molar-refractivity contribution in [3.05, 3.63) is 24.0 Å². The molecule has 1 unspecified atom stereocenters. The van der Waals surface area contributed by atoms with Crippen molar-refractivity contribution in [1.29, 1.82) is 0 Å². The van der Waals surface area contributed by atoms with Crippen molar-refractivity contribution in [3.8, 4) is 0 Å². The normalized spacial score (nSPS) is 16.9. The lowest BCUT2D eigenvalue weighted by Crippen LogP contribution is -2.41. The summed E-state index contributed by atoms with van der Waals surface area (Å²) < 4.78 is 30.6. The van der Waals surface area contributed by atoms with E-state index in [1.807, 2.05) is 20.8 Å². The number of likely N-dealkylation sites (tertiary alicyclic amines) is 1. The molecule has 1 saturated heterocycles. The Morgan fingerprint density at radius 1 is 1.33 bits per heavy atom. The summed E-state index contributed by atoms with van der Waals surface area (Å²) in [6.45, 7) is 7.89. The maximum Gasteiger partial charge on any atom is 0.410 e. The number of halogens is 1. The number of piperidine rings is 1. The Morgan fingerprint density at radius 3 is 2.56 bits per heavy atom. The van der Waals surface area contributed by atoms with E-state index in [2.05, 4.69) is 5.32 Å². The molecule has 0 spiro atoms. The highest BCUT2D eigenvalue weighted by molar-refractivity contribution is 7.84. The van der Waals surface area contributed by atoms with Gasteiger partial charge in [0.2, 0.25) is 0 Å². The quantitative estimate of drug-likeness (QED) is 0.722. The zero-order chi connectivity index (χ0) is 20.0. The molecule has 1 N–H and O–H groups in total. The second kappa shape index (κ2) is 9.53. The SMILES string of the molecule is CS(=O)c1ccc(NCCCC2CCN(C(=O)OC(C)(C)C)CC2)cc1F. The average Bonchev–Trinajstić information content (AvgIpc) is 2.57. The van der Waals surface area contributed by atoms with Crippen molar-refractivity contribution >= 4 is 22.6 Å². The number of nitrogens with one attached hydrogen (secondary N) is 1. The monoisotopic (exact) mass is 398 g/mol. The van der Waals surface area contributed by atoms with Crippen molar-refractivity contribution in [2.24, 2.45) is 5.92 Å². The van der Waals surface area contributed by atoms with Crippen LogP contribution in [0.5, 0.6) is 0 Å². The zero-order valence-corrected chi connectivity index (χ0v) is 17.5. The Kier molecular flexibility index (Phi) is 7.65. The number of carbonyl (C=O) groups excluding carboxylic acids is 1. The van der Waals surface area contributed by atoms with Gasteiger partial charge in [-0.1, -0.05) is 0 Å². The van der Waals surface area contributed by atoms with Crippen molar-refractivity contribution in [3.63, 3.8) is 0 Å². The third-order valence-corrected chi connectivity index (χ3v) is 5.58. The third kappa shape index (κ3) is 7.13. The third-order valence-electron chi connectivity index (χ3n) is 4.63. The molecule has 0 aliphatic carbocycles. The van der Waals surface area contributed by atoms with Crippen LogP contribution in [0.4, 0.5) is 14.9 Å². The predicted molar refractivity (Wildman–Crippen MR) is 107 cm³/mol. The Labute approximate surface area is 164 Å². The van der Waals surface area contributed by atoms with Crippen LogP contribution in [-0.2, 0) is 15.5 Å². The van der Waals surface area contributed by atoms with Gasteiger partial charge in [0.15, 0.2) is 0 Å². The molecule has 1 atom stereocenters. The Hall–Kier alpha value is -1.63. The van der Waals surface area contributed by atoms with Gasteiger partial charge in [0.05, 0.1) is 15.7 Å². The minimum absolute atomic E-state index is 0.221. The number of rotatable bonds is 6. The van der Waals surface area contributed by atoms with E-state index in [1.165, 1.54) is 12.3 Å². The minimum Gasteiger partial charge on any atom is -0.444 e. The number of anilines is 1. The second-order valence-electron chi connectivity index (χ2n) is 8.08. The summed E-state index contributed by atoms with van der Waals surface area (Å²) in [5.74, 6) is 0.169. The average molecular weight is 399 g/mol. The van der Waals surface area contributed by atoms with Gasteiger partial charge in [0.25, 0.3) is 0 Å². The largest absolute Gasteiger partial charge is 0.444 e. The van der Waals surface area contributed by atoms with Crippen LogP contribution in [0, 0.1) is 11.7 Å². The lowest BCUT2D eigenvalue weighted by atomic mass is 9.92. The van der Waals surface area contributed by atoms with Gasteiger partial charge in [-0.05, 0) is 70.6 Å². The Morgan fingerprint density at radius 2 is 2.00 bits per heavy atom. The van der Waals surface area contributed by atoms with Crippen molar-refractivity contribution in [2.45, 2.75) is 57.0 Å². The lowest BCUT2D eigenvalue weighted by molar-refractivity contribution is 0.0181. The summed E-state index contributed by atoms with van der Waals surface area (Å²) in [4.78, 5) is 14.1. The first kappa shape index (κ1) is 21.7. The van der Waals surface area contributed by atoms with Crippen molar-refractivity contribution in [1.82, 2.24) is 4.90 Å². The van der Waals surface area contributed by atoms with Crippen LogP contribution in [0.2, 0.25) is 0 Å². The number of amides is 1. The molecule has 1 aromatic carbocycles. The molecular formula is C20H31FN2O3S.